The van der Waals surface area contributed by atoms with Gasteiger partial charge >= 0.3 is 0 Å². The maximum absolute atomic E-state index is 12.4. The summed E-state index contributed by atoms with van der Waals surface area (Å²) in [7, 11) is 1.54. The number of carbonyl (C=O) groups is 1. The van der Waals surface area contributed by atoms with Crippen molar-refractivity contribution in [2.24, 2.45) is 0 Å². The van der Waals surface area contributed by atoms with Gasteiger partial charge in [-0.1, -0.05) is 30.3 Å². The van der Waals surface area contributed by atoms with Crippen LogP contribution in [0.15, 0.2) is 65.5 Å². The third-order valence-electron chi connectivity index (χ3n) is 4.08. The van der Waals surface area contributed by atoms with Crippen LogP contribution in [0.25, 0.3) is 11.3 Å². The molecular weight excluding hydrogens is 332 g/mol. The molecule has 2 aromatic carbocycles. The van der Waals surface area contributed by atoms with E-state index in [1.165, 1.54) is 6.39 Å². The third kappa shape index (κ3) is 3.92. The standard InChI is InChI=1S/C20H20N2O4/c1-20(24,14-6-4-3-5-7-14)11-19(23)22-15-8-9-16(17(10-15)25-2)18-12-21-13-26-18/h3-10,12-13,24H,11H2,1-2H3,(H,22,23). The van der Waals surface area contributed by atoms with Gasteiger partial charge in [-0.25, -0.2) is 4.98 Å². The van der Waals surface area contributed by atoms with Gasteiger partial charge in [0.05, 0.1) is 30.9 Å². The Balaban J connectivity index is 1.73. The van der Waals surface area contributed by atoms with E-state index < -0.39 is 5.60 Å². The summed E-state index contributed by atoms with van der Waals surface area (Å²) in [6.07, 6.45) is 2.87. The van der Waals surface area contributed by atoms with Crippen LogP contribution < -0.4 is 10.1 Å². The van der Waals surface area contributed by atoms with E-state index in [1.54, 1.807) is 50.6 Å². The van der Waals surface area contributed by atoms with Gasteiger partial charge in [0, 0.05) is 11.8 Å². The lowest BCUT2D eigenvalue weighted by Crippen LogP contribution is -2.28. The highest BCUT2D eigenvalue weighted by Crippen LogP contribution is 2.32. The molecular formula is C20H20N2O4. The molecule has 0 saturated heterocycles. The molecule has 1 heterocycles. The van der Waals surface area contributed by atoms with Gasteiger partial charge < -0.3 is 19.6 Å². The van der Waals surface area contributed by atoms with E-state index in [1.807, 2.05) is 18.2 Å². The summed E-state index contributed by atoms with van der Waals surface area (Å²) in [5.74, 6) is 0.828. The summed E-state index contributed by atoms with van der Waals surface area (Å²) in [6, 6.07) is 14.3. The number of oxazole rings is 1. The minimum Gasteiger partial charge on any atom is -0.496 e. The molecule has 3 rings (SSSR count). The molecule has 0 aliphatic carbocycles. The van der Waals surface area contributed by atoms with Gasteiger partial charge in [-0.2, -0.15) is 0 Å². The van der Waals surface area contributed by atoms with Crippen LogP contribution in [0.1, 0.15) is 18.9 Å². The molecule has 0 aliphatic rings. The molecule has 1 aromatic heterocycles. The zero-order chi connectivity index (χ0) is 18.6. The quantitative estimate of drug-likeness (QED) is 0.708. The average molecular weight is 352 g/mol. The van der Waals surface area contributed by atoms with E-state index in [9.17, 15) is 9.90 Å². The molecule has 1 amide bonds. The Morgan fingerprint density at radius 1 is 1.27 bits per heavy atom. The molecule has 6 nitrogen and oxygen atoms in total. The normalized spacial score (nSPS) is 13.0. The lowest BCUT2D eigenvalue weighted by molar-refractivity contribution is -0.120. The van der Waals surface area contributed by atoms with Crippen molar-refractivity contribution in [3.63, 3.8) is 0 Å². The second kappa shape index (κ2) is 7.41. The Bertz CT molecular complexity index is 874. The Hall–Kier alpha value is -3.12. The van der Waals surface area contributed by atoms with Crippen molar-refractivity contribution < 1.29 is 19.1 Å². The van der Waals surface area contributed by atoms with Crippen molar-refractivity contribution >= 4 is 11.6 Å². The number of hydrogen-bond donors (Lipinski definition) is 2. The molecule has 1 unspecified atom stereocenters. The summed E-state index contributed by atoms with van der Waals surface area (Å²) in [5, 5.41) is 13.4. The summed E-state index contributed by atoms with van der Waals surface area (Å²) < 4.78 is 10.7. The number of nitrogens with zero attached hydrogens (tertiary/aromatic N) is 1. The second-order valence-electron chi connectivity index (χ2n) is 6.15. The fraction of sp³-hybridized carbons (Fsp3) is 0.200. The number of anilines is 1. The fourth-order valence-corrected chi connectivity index (χ4v) is 2.74. The second-order valence-corrected chi connectivity index (χ2v) is 6.15. The third-order valence-corrected chi connectivity index (χ3v) is 4.08. The summed E-state index contributed by atoms with van der Waals surface area (Å²) in [4.78, 5) is 16.3. The highest BCUT2D eigenvalue weighted by Gasteiger charge is 2.26. The highest BCUT2D eigenvalue weighted by atomic mass is 16.5. The van der Waals surface area contributed by atoms with Crippen LogP contribution in [0.3, 0.4) is 0 Å². The van der Waals surface area contributed by atoms with Crippen LogP contribution in [0.5, 0.6) is 5.75 Å². The Morgan fingerprint density at radius 3 is 2.69 bits per heavy atom. The number of aromatic nitrogens is 1. The molecule has 6 heteroatoms. The Labute approximate surface area is 151 Å². The zero-order valence-electron chi connectivity index (χ0n) is 14.6. The lowest BCUT2D eigenvalue weighted by Gasteiger charge is -2.23. The van der Waals surface area contributed by atoms with Crippen molar-refractivity contribution in [3.8, 4) is 17.1 Å². The SMILES string of the molecule is COc1cc(NC(=O)CC(C)(O)c2ccccc2)ccc1-c1cnco1. The van der Waals surface area contributed by atoms with Gasteiger partial charge in [-0.05, 0) is 24.6 Å². The maximum Gasteiger partial charge on any atom is 0.227 e. The number of hydrogen-bond acceptors (Lipinski definition) is 5. The van der Waals surface area contributed by atoms with Crippen LogP contribution in [-0.2, 0) is 10.4 Å². The largest absolute Gasteiger partial charge is 0.496 e. The van der Waals surface area contributed by atoms with Crippen LogP contribution in [0.4, 0.5) is 5.69 Å². The van der Waals surface area contributed by atoms with Gasteiger partial charge in [-0.3, -0.25) is 4.79 Å². The first-order valence-electron chi connectivity index (χ1n) is 8.14. The monoisotopic (exact) mass is 352 g/mol. The molecule has 26 heavy (non-hydrogen) atoms. The number of rotatable bonds is 6. The van der Waals surface area contributed by atoms with Crippen molar-refractivity contribution in [3.05, 3.63) is 66.7 Å². The molecule has 134 valence electrons. The number of methoxy groups -OCH3 is 1. The molecule has 2 N–H and O–H groups in total. The van der Waals surface area contributed by atoms with E-state index in [0.29, 0.717) is 22.8 Å². The highest BCUT2D eigenvalue weighted by molar-refractivity contribution is 5.92. The predicted molar refractivity (Wildman–Crippen MR) is 97.8 cm³/mol. The predicted octanol–water partition coefficient (Wildman–Crippen LogP) is 3.59. The van der Waals surface area contributed by atoms with E-state index in [4.69, 9.17) is 9.15 Å². The molecule has 0 radical (unpaired) electrons. The van der Waals surface area contributed by atoms with Crippen LogP contribution in [0, 0.1) is 0 Å². The molecule has 0 saturated carbocycles. The number of nitrogens with one attached hydrogen (secondary N) is 1. The molecule has 0 spiro atoms. The van der Waals surface area contributed by atoms with Crippen molar-refractivity contribution in [1.29, 1.82) is 0 Å². The summed E-state index contributed by atoms with van der Waals surface area (Å²) in [5.41, 5.74) is 0.738. The minimum atomic E-state index is -1.25. The Kier molecular flexibility index (Phi) is 5.04. The average Bonchev–Trinajstić information content (AvgIpc) is 3.16. The van der Waals surface area contributed by atoms with E-state index in [0.717, 1.165) is 5.56 Å². The van der Waals surface area contributed by atoms with Crippen molar-refractivity contribution in [2.45, 2.75) is 18.9 Å². The van der Waals surface area contributed by atoms with Gasteiger partial charge in [0.2, 0.25) is 5.91 Å². The van der Waals surface area contributed by atoms with E-state index in [2.05, 4.69) is 10.3 Å². The van der Waals surface area contributed by atoms with Gasteiger partial charge in [0.25, 0.3) is 0 Å². The van der Waals surface area contributed by atoms with Crippen LogP contribution >= 0.6 is 0 Å². The molecule has 0 bridgehead atoms. The zero-order valence-corrected chi connectivity index (χ0v) is 14.6. The molecule has 0 fully saturated rings. The first-order valence-corrected chi connectivity index (χ1v) is 8.14. The lowest BCUT2D eigenvalue weighted by atomic mass is 9.92. The first-order chi connectivity index (χ1) is 12.5. The van der Waals surface area contributed by atoms with E-state index >= 15 is 0 Å². The first kappa shape index (κ1) is 17.7. The number of benzene rings is 2. The van der Waals surface area contributed by atoms with Crippen LogP contribution in [-0.4, -0.2) is 23.1 Å². The fourth-order valence-electron chi connectivity index (χ4n) is 2.74. The van der Waals surface area contributed by atoms with E-state index in [-0.39, 0.29) is 12.3 Å². The Morgan fingerprint density at radius 2 is 2.04 bits per heavy atom. The van der Waals surface area contributed by atoms with Crippen molar-refractivity contribution in [2.75, 3.05) is 12.4 Å². The number of aliphatic hydroxyl groups is 1. The molecule has 3 aromatic rings. The molecule has 0 aliphatic heterocycles. The minimum absolute atomic E-state index is 0.0663. The van der Waals surface area contributed by atoms with Crippen molar-refractivity contribution in [1.82, 2.24) is 4.98 Å². The summed E-state index contributed by atoms with van der Waals surface area (Å²) in [6.45, 7) is 1.62. The summed E-state index contributed by atoms with van der Waals surface area (Å²) >= 11 is 0. The van der Waals surface area contributed by atoms with Gasteiger partial charge in [-0.15, -0.1) is 0 Å². The number of amides is 1. The topological polar surface area (TPSA) is 84.6 Å². The van der Waals surface area contributed by atoms with Crippen LogP contribution in [0.2, 0.25) is 0 Å². The van der Waals surface area contributed by atoms with Gasteiger partial charge in [0.15, 0.2) is 12.2 Å². The maximum atomic E-state index is 12.4. The van der Waals surface area contributed by atoms with Gasteiger partial charge in [0.1, 0.15) is 5.75 Å². The number of ether oxygens (including phenoxy) is 1. The smallest absolute Gasteiger partial charge is 0.227 e. The molecule has 1 atom stereocenters. The number of carbonyl (C=O) groups excluding carboxylic acids is 1.